The second-order valence-electron chi connectivity index (χ2n) is 5.83. The molecule has 1 aliphatic rings. The minimum Gasteiger partial charge on any atom is -0.383 e. The van der Waals surface area contributed by atoms with E-state index in [9.17, 15) is 0 Å². The van der Waals surface area contributed by atoms with Crippen LogP contribution in [0.15, 0.2) is 0 Å². The van der Waals surface area contributed by atoms with Gasteiger partial charge >= 0.3 is 0 Å². The molecule has 21 heavy (non-hydrogen) atoms. The number of anilines is 2. The highest BCUT2D eigenvalue weighted by atomic mass is 15.3. The molecule has 1 saturated heterocycles. The van der Waals surface area contributed by atoms with Crippen LogP contribution in [0.4, 0.5) is 11.6 Å². The van der Waals surface area contributed by atoms with E-state index in [4.69, 9.17) is 10.7 Å². The van der Waals surface area contributed by atoms with Crippen LogP contribution in [0.25, 0.3) is 0 Å². The van der Waals surface area contributed by atoms with Crippen molar-refractivity contribution in [1.29, 1.82) is 0 Å². The normalized spacial score (nSPS) is 18.7. The van der Waals surface area contributed by atoms with Crippen LogP contribution in [0.3, 0.4) is 0 Å². The highest BCUT2D eigenvalue weighted by Gasteiger charge is 2.28. The molecule has 2 heterocycles. The number of nitrogen functional groups attached to an aromatic ring is 1. The molecule has 1 unspecified atom stereocenters. The zero-order valence-corrected chi connectivity index (χ0v) is 13.9. The fourth-order valence-electron chi connectivity index (χ4n) is 3.18. The Bertz CT molecular complexity index is 470. The van der Waals surface area contributed by atoms with E-state index in [0.29, 0.717) is 11.9 Å². The number of aryl methyl sites for hydroxylation is 1. The van der Waals surface area contributed by atoms with E-state index < -0.39 is 0 Å². The van der Waals surface area contributed by atoms with Crippen molar-refractivity contribution in [2.24, 2.45) is 0 Å². The van der Waals surface area contributed by atoms with Gasteiger partial charge in [0.1, 0.15) is 17.5 Å². The molecule has 0 radical (unpaired) electrons. The molecule has 0 aromatic carbocycles. The summed E-state index contributed by atoms with van der Waals surface area (Å²) in [6, 6.07) is 0.630. The first kappa shape index (κ1) is 16.0. The molecule has 5 nitrogen and oxygen atoms in total. The third kappa shape index (κ3) is 3.46. The summed E-state index contributed by atoms with van der Waals surface area (Å²) in [5.74, 6) is 2.55. The average Bonchev–Trinajstić information content (AvgIpc) is 2.94. The van der Waals surface area contributed by atoms with E-state index in [1.165, 1.54) is 6.42 Å². The zero-order chi connectivity index (χ0) is 15.4. The van der Waals surface area contributed by atoms with E-state index in [2.05, 4.69) is 35.6 Å². The van der Waals surface area contributed by atoms with Crippen molar-refractivity contribution in [1.82, 2.24) is 14.9 Å². The lowest BCUT2D eigenvalue weighted by atomic mass is 10.2. The SMILES string of the molecule is CCCc1nc(N)c(C)c(N2CCC(N(CC)CC)C2)n1. The van der Waals surface area contributed by atoms with Gasteiger partial charge in [0.2, 0.25) is 0 Å². The van der Waals surface area contributed by atoms with Gasteiger partial charge in [0.15, 0.2) is 0 Å². The molecule has 0 saturated carbocycles. The Hall–Kier alpha value is -1.36. The summed E-state index contributed by atoms with van der Waals surface area (Å²) in [5.41, 5.74) is 7.10. The highest BCUT2D eigenvalue weighted by Crippen LogP contribution is 2.27. The van der Waals surface area contributed by atoms with Gasteiger partial charge < -0.3 is 10.6 Å². The summed E-state index contributed by atoms with van der Waals surface area (Å²) in [4.78, 5) is 14.1. The minimum atomic E-state index is 0.630. The molecule has 0 bridgehead atoms. The van der Waals surface area contributed by atoms with Gasteiger partial charge in [-0.2, -0.15) is 0 Å². The molecule has 1 aromatic rings. The van der Waals surface area contributed by atoms with Gasteiger partial charge in [0.05, 0.1) is 0 Å². The van der Waals surface area contributed by atoms with Crippen LogP contribution < -0.4 is 10.6 Å². The molecule has 118 valence electrons. The minimum absolute atomic E-state index is 0.630. The number of rotatable bonds is 6. The van der Waals surface area contributed by atoms with Crippen LogP contribution in [0.5, 0.6) is 0 Å². The summed E-state index contributed by atoms with van der Waals surface area (Å²) < 4.78 is 0. The van der Waals surface area contributed by atoms with Crippen LogP contribution in [-0.2, 0) is 6.42 Å². The van der Waals surface area contributed by atoms with Crippen LogP contribution in [0.1, 0.15) is 45.0 Å². The third-order valence-corrected chi connectivity index (χ3v) is 4.47. The van der Waals surface area contributed by atoms with Crippen molar-refractivity contribution in [2.75, 3.05) is 36.8 Å². The molecule has 2 N–H and O–H groups in total. The standard InChI is InChI=1S/C16H29N5/c1-5-8-14-18-15(17)12(4)16(19-14)21-10-9-13(11-21)20(6-2)7-3/h13H,5-11H2,1-4H3,(H2,17,18,19). The van der Waals surface area contributed by atoms with Gasteiger partial charge in [-0.1, -0.05) is 20.8 Å². The maximum atomic E-state index is 6.08. The van der Waals surface area contributed by atoms with Gasteiger partial charge in [-0.05, 0) is 32.9 Å². The zero-order valence-electron chi connectivity index (χ0n) is 13.9. The molecule has 2 rings (SSSR count). The van der Waals surface area contributed by atoms with Crippen LogP contribution in [0, 0.1) is 6.92 Å². The van der Waals surface area contributed by atoms with Crippen molar-refractivity contribution in [3.8, 4) is 0 Å². The van der Waals surface area contributed by atoms with Gasteiger partial charge in [0, 0.05) is 31.1 Å². The Balaban J connectivity index is 2.19. The first-order chi connectivity index (χ1) is 10.1. The van der Waals surface area contributed by atoms with Crippen LogP contribution >= 0.6 is 0 Å². The average molecular weight is 291 g/mol. The number of hydrogen-bond donors (Lipinski definition) is 1. The lowest BCUT2D eigenvalue weighted by Crippen LogP contribution is -2.37. The second kappa shape index (κ2) is 7.07. The maximum absolute atomic E-state index is 6.08. The van der Waals surface area contributed by atoms with E-state index in [-0.39, 0.29) is 0 Å². The predicted molar refractivity (Wildman–Crippen MR) is 88.7 cm³/mol. The number of hydrogen-bond acceptors (Lipinski definition) is 5. The summed E-state index contributed by atoms with van der Waals surface area (Å²) in [6.07, 6.45) is 3.14. The lowest BCUT2D eigenvalue weighted by Gasteiger charge is -2.27. The first-order valence-electron chi connectivity index (χ1n) is 8.22. The molecule has 0 spiro atoms. The molecule has 1 fully saturated rings. The number of aromatic nitrogens is 2. The predicted octanol–water partition coefficient (Wildman–Crippen LogP) is 2.24. The Labute approximate surface area is 128 Å². The largest absolute Gasteiger partial charge is 0.383 e. The molecule has 1 aromatic heterocycles. The topological polar surface area (TPSA) is 58.3 Å². The Kier molecular flexibility index (Phi) is 5.39. The van der Waals surface area contributed by atoms with Crippen molar-refractivity contribution in [3.63, 3.8) is 0 Å². The monoisotopic (exact) mass is 291 g/mol. The van der Waals surface area contributed by atoms with Gasteiger partial charge in [-0.25, -0.2) is 9.97 Å². The van der Waals surface area contributed by atoms with Crippen molar-refractivity contribution >= 4 is 11.6 Å². The molecule has 5 heteroatoms. The molecule has 1 atom stereocenters. The molecule has 0 aliphatic carbocycles. The maximum Gasteiger partial charge on any atom is 0.137 e. The number of likely N-dealkylation sites (N-methyl/N-ethyl adjacent to an activating group) is 1. The molecular weight excluding hydrogens is 262 g/mol. The lowest BCUT2D eigenvalue weighted by molar-refractivity contribution is 0.232. The smallest absolute Gasteiger partial charge is 0.137 e. The van der Waals surface area contributed by atoms with Crippen molar-refractivity contribution < 1.29 is 0 Å². The fraction of sp³-hybridized carbons (Fsp3) is 0.750. The van der Waals surface area contributed by atoms with Crippen molar-refractivity contribution in [2.45, 2.75) is 53.0 Å². The van der Waals surface area contributed by atoms with Crippen LogP contribution in [-0.4, -0.2) is 47.1 Å². The highest BCUT2D eigenvalue weighted by molar-refractivity contribution is 5.57. The molecule has 1 aliphatic heterocycles. The Morgan fingerprint density at radius 1 is 1.24 bits per heavy atom. The Morgan fingerprint density at radius 2 is 1.95 bits per heavy atom. The summed E-state index contributed by atoms with van der Waals surface area (Å²) in [5, 5.41) is 0. The Morgan fingerprint density at radius 3 is 2.57 bits per heavy atom. The molecular formula is C16H29N5. The summed E-state index contributed by atoms with van der Waals surface area (Å²) in [6.45, 7) is 13.0. The summed E-state index contributed by atoms with van der Waals surface area (Å²) >= 11 is 0. The van der Waals surface area contributed by atoms with E-state index in [1.54, 1.807) is 0 Å². The first-order valence-corrected chi connectivity index (χ1v) is 8.22. The van der Waals surface area contributed by atoms with E-state index in [1.807, 2.05) is 6.92 Å². The quantitative estimate of drug-likeness (QED) is 0.871. The second-order valence-corrected chi connectivity index (χ2v) is 5.83. The van der Waals surface area contributed by atoms with Gasteiger partial charge in [-0.3, -0.25) is 4.90 Å². The number of nitrogens with zero attached hydrogens (tertiary/aromatic N) is 4. The van der Waals surface area contributed by atoms with E-state index in [0.717, 1.165) is 56.2 Å². The summed E-state index contributed by atoms with van der Waals surface area (Å²) in [7, 11) is 0. The molecule has 0 amide bonds. The van der Waals surface area contributed by atoms with Crippen LogP contribution in [0.2, 0.25) is 0 Å². The third-order valence-electron chi connectivity index (χ3n) is 4.47. The van der Waals surface area contributed by atoms with Crippen molar-refractivity contribution in [3.05, 3.63) is 11.4 Å². The van der Waals surface area contributed by atoms with Gasteiger partial charge in [0.25, 0.3) is 0 Å². The van der Waals surface area contributed by atoms with E-state index >= 15 is 0 Å². The number of nitrogens with two attached hydrogens (primary N) is 1. The fourth-order valence-corrected chi connectivity index (χ4v) is 3.18. The van der Waals surface area contributed by atoms with Gasteiger partial charge in [-0.15, -0.1) is 0 Å².